The number of nitrogens with zero attached hydrogens (tertiary/aromatic N) is 5. The van der Waals surface area contributed by atoms with E-state index in [9.17, 15) is 14.4 Å². The summed E-state index contributed by atoms with van der Waals surface area (Å²) in [5, 5.41) is 8.97. The summed E-state index contributed by atoms with van der Waals surface area (Å²) in [6.07, 6.45) is 2.64. The fraction of sp³-hybridized carbons (Fsp3) is 0.324. The Balaban J connectivity index is 1.16. The summed E-state index contributed by atoms with van der Waals surface area (Å²) in [6.45, 7) is 6.64. The molecule has 1 N–H and O–H groups in total. The van der Waals surface area contributed by atoms with Gasteiger partial charge in [0.2, 0.25) is 0 Å². The van der Waals surface area contributed by atoms with Crippen molar-refractivity contribution in [2.75, 3.05) is 63.9 Å². The van der Waals surface area contributed by atoms with Crippen LogP contribution in [0.15, 0.2) is 72.0 Å². The Labute approximate surface area is 294 Å². The molecule has 1 amide bonds. The first-order valence-electron chi connectivity index (χ1n) is 16.5. The van der Waals surface area contributed by atoms with Crippen molar-refractivity contribution in [3.05, 3.63) is 78.2 Å². The molecule has 4 aromatic rings. The van der Waals surface area contributed by atoms with Crippen molar-refractivity contribution in [2.24, 2.45) is 5.10 Å². The number of carbonyl (C=O) groups excluding carboxylic acids is 3. The van der Waals surface area contributed by atoms with Gasteiger partial charge in [-0.1, -0.05) is 17.7 Å². The lowest BCUT2D eigenvalue weighted by Crippen LogP contribution is -2.60. The number of hydrogen-bond acceptors (Lipinski definition) is 12. The van der Waals surface area contributed by atoms with Crippen LogP contribution in [0.2, 0.25) is 0 Å². The highest BCUT2D eigenvalue weighted by Crippen LogP contribution is 2.38. The highest BCUT2D eigenvalue weighted by atomic mass is 19.1. The Bertz CT molecular complexity index is 1920. The number of nitrogens with one attached hydrogen (secondary N) is 1. The van der Waals surface area contributed by atoms with Crippen LogP contribution in [0.4, 0.5) is 15.8 Å². The van der Waals surface area contributed by atoms with Crippen LogP contribution >= 0.6 is 0 Å². The van der Waals surface area contributed by atoms with Gasteiger partial charge in [-0.3, -0.25) is 24.4 Å². The number of benzene rings is 3. The van der Waals surface area contributed by atoms with Gasteiger partial charge in [-0.05, 0) is 56.8 Å². The van der Waals surface area contributed by atoms with E-state index >= 15 is 4.39 Å². The van der Waals surface area contributed by atoms with Crippen molar-refractivity contribution in [1.82, 2.24) is 14.8 Å². The quantitative estimate of drug-likeness (QED) is 0.157. The predicted octanol–water partition coefficient (Wildman–Crippen LogP) is 4.42. The molecule has 0 spiro atoms. The number of aryl methyl sites for hydroxylation is 1. The minimum Gasteiger partial charge on any atom is -0.493 e. The van der Waals surface area contributed by atoms with Gasteiger partial charge in [-0.15, -0.1) is 0 Å². The standard InChI is InChI=1S/C37H39FN6O7/c1-24-5-8-26(9-6-24)44-35(23-46)42(2)30(22-45)36(41-44)37(47)40-25-7-10-32(28(38)19-25)51-31-11-12-39-29-21-34(33(48-3)20-27(29)31)50-16-4-13-43-14-17-49-18-15-43/h5-12,19-23,30,35H,4,13-18H2,1-3H3,(H,40,47). The molecule has 1 fully saturated rings. The molecular weight excluding hydrogens is 659 g/mol. The summed E-state index contributed by atoms with van der Waals surface area (Å²) in [4.78, 5) is 45.8. The zero-order chi connectivity index (χ0) is 35.9. The third-order valence-corrected chi connectivity index (χ3v) is 8.76. The number of pyridine rings is 1. The van der Waals surface area contributed by atoms with Crippen molar-refractivity contribution < 1.29 is 37.7 Å². The van der Waals surface area contributed by atoms with Gasteiger partial charge in [0, 0.05) is 49.0 Å². The summed E-state index contributed by atoms with van der Waals surface area (Å²) in [6, 6.07) is 15.2. The maximum Gasteiger partial charge on any atom is 0.274 e. The number of amides is 1. The lowest BCUT2D eigenvalue weighted by molar-refractivity contribution is -0.117. The molecule has 1 aromatic heterocycles. The Morgan fingerprint density at radius 3 is 2.49 bits per heavy atom. The topological polar surface area (TPSA) is 135 Å². The fourth-order valence-electron chi connectivity index (χ4n) is 5.93. The van der Waals surface area contributed by atoms with E-state index in [1.54, 1.807) is 50.7 Å². The maximum absolute atomic E-state index is 15.5. The van der Waals surface area contributed by atoms with Gasteiger partial charge < -0.3 is 29.1 Å². The van der Waals surface area contributed by atoms with Crippen LogP contribution in [-0.4, -0.2) is 105 Å². The van der Waals surface area contributed by atoms with Crippen molar-refractivity contribution in [3.63, 3.8) is 0 Å². The molecule has 13 nitrogen and oxygen atoms in total. The van der Waals surface area contributed by atoms with Crippen molar-refractivity contribution in [2.45, 2.75) is 25.6 Å². The predicted molar refractivity (Wildman–Crippen MR) is 189 cm³/mol. The normalized spacial score (nSPS) is 18.2. The molecule has 0 radical (unpaired) electrons. The molecule has 0 saturated carbocycles. The van der Waals surface area contributed by atoms with Gasteiger partial charge in [0.15, 0.2) is 41.2 Å². The zero-order valence-electron chi connectivity index (χ0n) is 28.6. The molecule has 2 unspecified atom stereocenters. The van der Waals surface area contributed by atoms with Gasteiger partial charge >= 0.3 is 0 Å². The van der Waals surface area contributed by atoms with Crippen LogP contribution in [0.5, 0.6) is 23.0 Å². The third-order valence-electron chi connectivity index (χ3n) is 8.76. The number of rotatable bonds is 13. The molecule has 2 atom stereocenters. The number of aldehydes is 2. The van der Waals surface area contributed by atoms with E-state index in [1.807, 2.05) is 19.1 Å². The zero-order valence-corrected chi connectivity index (χ0v) is 28.6. The number of fused-ring (bicyclic) bond motifs is 1. The second-order valence-electron chi connectivity index (χ2n) is 12.1. The van der Waals surface area contributed by atoms with Crippen LogP contribution in [0.3, 0.4) is 0 Å². The second-order valence-corrected chi connectivity index (χ2v) is 12.1. The van der Waals surface area contributed by atoms with E-state index in [-0.39, 0.29) is 17.1 Å². The number of ether oxygens (including phenoxy) is 4. The van der Waals surface area contributed by atoms with Crippen LogP contribution in [0.25, 0.3) is 10.9 Å². The van der Waals surface area contributed by atoms with Crippen molar-refractivity contribution in [1.29, 1.82) is 0 Å². The number of morpholine rings is 1. The van der Waals surface area contributed by atoms with E-state index in [1.165, 1.54) is 22.0 Å². The highest BCUT2D eigenvalue weighted by molar-refractivity contribution is 6.47. The van der Waals surface area contributed by atoms with Gasteiger partial charge in [-0.25, -0.2) is 9.40 Å². The second kappa shape index (κ2) is 16.1. The fourth-order valence-corrected chi connectivity index (χ4v) is 5.93. The average molecular weight is 699 g/mol. The molecule has 266 valence electrons. The number of carbonyl (C=O) groups is 3. The number of methoxy groups -OCH3 is 1. The van der Waals surface area contributed by atoms with Gasteiger partial charge in [-0.2, -0.15) is 5.10 Å². The van der Waals surface area contributed by atoms with Crippen LogP contribution in [-0.2, 0) is 19.1 Å². The van der Waals surface area contributed by atoms with Crippen LogP contribution < -0.4 is 24.5 Å². The molecular formula is C37H39FN6O7. The minimum atomic E-state index is -1.12. The van der Waals surface area contributed by atoms with E-state index in [0.29, 0.717) is 53.0 Å². The van der Waals surface area contributed by atoms with Crippen LogP contribution in [0.1, 0.15) is 12.0 Å². The molecule has 3 heterocycles. The summed E-state index contributed by atoms with van der Waals surface area (Å²) in [5.41, 5.74) is 2.06. The summed E-state index contributed by atoms with van der Waals surface area (Å²) >= 11 is 0. The smallest absolute Gasteiger partial charge is 0.274 e. The lowest BCUT2D eigenvalue weighted by Gasteiger charge is -2.40. The largest absolute Gasteiger partial charge is 0.493 e. The van der Waals surface area contributed by atoms with Crippen LogP contribution in [0, 0.1) is 12.7 Å². The molecule has 6 rings (SSSR count). The summed E-state index contributed by atoms with van der Waals surface area (Å²) in [5.74, 6) is -0.223. The monoisotopic (exact) mass is 698 g/mol. The van der Waals surface area contributed by atoms with E-state index in [0.717, 1.165) is 50.9 Å². The number of aromatic nitrogens is 1. The molecule has 2 aliphatic rings. The molecule has 0 bridgehead atoms. The number of anilines is 2. The minimum absolute atomic E-state index is 0.0946. The maximum atomic E-state index is 15.5. The SMILES string of the molecule is COc1cc2c(Oc3ccc(NC(=O)C4=NN(c5ccc(C)cc5)C(C=O)N(C)C4C=O)cc3F)ccnc2cc1OCCCN1CCOCC1. The summed E-state index contributed by atoms with van der Waals surface area (Å²) in [7, 11) is 3.09. The number of likely N-dealkylation sites (N-methyl/N-ethyl adjacent to an activating group) is 1. The first-order chi connectivity index (χ1) is 24.8. The lowest BCUT2D eigenvalue weighted by atomic mass is 10.1. The van der Waals surface area contributed by atoms with E-state index in [2.05, 4.69) is 20.3 Å². The first-order valence-corrected chi connectivity index (χ1v) is 16.5. The Morgan fingerprint density at radius 1 is 1.00 bits per heavy atom. The number of hydrogen-bond donors (Lipinski definition) is 1. The van der Waals surface area contributed by atoms with E-state index < -0.39 is 23.9 Å². The molecule has 0 aliphatic carbocycles. The third kappa shape index (κ3) is 7.98. The highest BCUT2D eigenvalue weighted by Gasteiger charge is 2.39. The summed E-state index contributed by atoms with van der Waals surface area (Å²) < 4.78 is 38.5. The Hall–Kier alpha value is -5.44. The van der Waals surface area contributed by atoms with Gasteiger partial charge in [0.1, 0.15) is 18.1 Å². The first kappa shape index (κ1) is 35.4. The number of halogens is 1. The molecule has 51 heavy (non-hydrogen) atoms. The van der Waals surface area contributed by atoms with Gasteiger partial charge in [0.25, 0.3) is 5.91 Å². The molecule has 3 aromatic carbocycles. The van der Waals surface area contributed by atoms with Crippen molar-refractivity contribution >= 4 is 46.5 Å². The molecule has 2 aliphatic heterocycles. The molecule has 14 heteroatoms. The molecule has 1 saturated heterocycles. The Morgan fingerprint density at radius 2 is 1.78 bits per heavy atom. The number of hydrazone groups is 1. The van der Waals surface area contributed by atoms with Gasteiger partial charge in [0.05, 0.1) is 38.1 Å². The Kier molecular flexibility index (Phi) is 11.1. The van der Waals surface area contributed by atoms with E-state index in [4.69, 9.17) is 18.9 Å². The van der Waals surface area contributed by atoms with Crippen molar-refractivity contribution in [3.8, 4) is 23.0 Å². The average Bonchev–Trinajstić information content (AvgIpc) is 3.14.